The summed E-state index contributed by atoms with van der Waals surface area (Å²) in [5, 5.41) is 3.92. The largest absolute Gasteiger partial charge is 0.337 e. The van der Waals surface area contributed by atoms with Gasteiger partial charge < -0.3 is 10.3 Å². The number of hydrogen-bond donors (Lipinski definition) is 1. The second-order valence-corrected chi connectivity index (χ2v) is 4.66. The molecule has 0 saturated carbocycles. The van der Waals surface area contributed by atoms with Gasteiger partial charge in [-0.1, -0.05) is 24.9 Å². The number of aryl methyl sites for hydroxylation is 1. The summed E-state index contributed by atoms with van der Waals surface area (Å²) in [6.07, 6.45) is 2.92. The molecule has 0 aliphatic heterocycles. The van der Waals surface area contributed by atoms with E-state index in [2.05, 4.69) is 17.1 Å². The van der Waals surface area contributed by atoms with E-state index in [1.165, 1.54) is 12.1 Å². The zero-order chi connectivity index (χ0) is 13.8. The summed E-state index contributed by atoms with van der Waals surface area (Å²) in [4.78, 5) is 4.30. The number of rotatable bonds is 5. The van der Waals surface area contributed by atoms with Crippen LogP contribution in [0.1, 0.15) is 43.7 Å². The predicted molar refractivity (Wildman–Crippen MR) is 70.9 cm³/mol. The van der Waals surface area contributed by atoms with E-state index in [1.807, 2.05) is 6.92 Å². The van der Waals surface area contributed by atoms with Gasteiger partial charge in [0.05, 0.1) is 6.04 Å². The summed E-state index contributed by atoms with van der Waals surface area (Å²) in [5.41, 5.74) is 7.51. The first-order valence-electron chi connectivity index (χ1n) is 6.47. The summed E-state index contributed by atoms with van der Waals surface area (Å²) in [6, 6.07) is 4.25. The highest BCUT2D eigenvalue weighted by atomic mass is 19.1. The number of hydrogen-bond acceptors (Lipinski definition) is 4. The number of halogens is 1. The van der Waals surface area contributed by atoms with Crippen LogP contribution in [0.4, 0.5) is 4.39 Å². The average molecular weight is 263 g/mol. The molecule has 102 valence electrons. The monoisotopic (exact) mass is 263 g/mol. The highest BCUT2D eigenvalue weighted by Gasteiger charge is 2.16. The molecule has 0 bridgehead atoms. The lowest BCUT2D eigenvalue weighted by Crippen LogP contribution is -2.10. The first-order chi connectivity index (χ1) is 9.11. The molecular formula is C14H18FN3O. The van der Waals surface area contributed by atoms with E-state index in [-0.39, 0.29) is 11.9 Å². The summed E-state index contributed by atoms with van der Waals surface area (Å²) < 4.78 is 18.2. The van der Waals surface area contributed by atoms with Crippen LogP contribution in [0.25, 0.3) is 11.4 Å². The van der Waals surface area contributed by atoms with E-state index >= 15 is 0 Å². The fourth-order valence-electron chi connectivity index (χ4n) is 1.92. The van der Waals surface area contributed by atoms with Gasteiger partial charge in [0, 0.05) is 5.56 Å². The van der Waals surface area contributed by atoms with Gasteiger partial charge in [0.1, 0.15) is 5.82 Å². The number of aromatic nitrogens is 2. The normalized spacial score (nSPS) is 12.6. The Hall–Kier alpha value is -1.75. The Balaban J connectivity index is 2.20. The molecule has 4 nitrogen and oxygen atoms in total. The van der Waals surface area contributed by atoms with Crippen molar-refractivity contribution in [3.05, 3.63) is 35.5 Å². The molecule has 2 N–H and O–H groups in total. The number of benzene rings is 1. The van der Waals surface area contributed by atoms with Crippen molar-refractivity contribution in [2.75, 3.05) is 0 Å². The maximum atomic E-state index is 13.1. The van der Waals surface area contributed by atoms with Crippen LogP contribution < -0.4 is 5.73 Å². The van der Waals surface area contributed by atoms with Crippen molar-refractivity contribution in [2.45, 2.75) is 39.2 Å². The topological polar surface area (TPSA) is 64.9 Å². The molecule has 0 radical (unpaired) electrons. The maximum absolute atomic E-state index is 13.1. The van der Waals surface area contributed by atoms with Crippen molar-refractivity contribution in [3.63, 3.8) is 0 Å². The van der Waals surface area contributed by atoms with Crippen LogP contribution in [0.15, 0.2) is 22.7 Å². The van der Waals surface area contributed by atoms with Crippen LogP contribution in [-0.2, 0) is 0 Å². The molecule has 2 aromatic rings. The van der Waals surface area contributed by atoms with Crippen molar-refractivity contribution >= 4 is 0 Å². The van der Waals surface area contributed by atoms with Gasteiger partial charge in [0.25, 0.3) is 0 Å². The fraction of sp³-hybridized carbons (Fsp3) is 0.429. The summed E-state index contributed by atoms with van der Waals surface area (Å²) >= 11 is 0. The molecule has 1 heterocycles. The Labute approximate surface area is 111 Å². The van der Waals surface area contributed by atoms with Gasteiger partial charge in [-0.3, -0.25) is 0 Å². The molecule has 1 aromatic heterocycles. The summed E-state index contributed by atoms with van der Waals surface area (Å²) in [7, 11) is 0. The molecule has 0 spiro atoms. The van der Waals surface area contributed by atoms with Gasteiger partial charge in [0.2, 0.25) is 11.7 Å². The first kappa shape index (κ1) is 13.7. The van der Waals surface area contributed by atoms with Gasteiger partial charge >= 0.3 is 0 Å². The standard InChI is InChI=1S/C14H18FN3O/c1-3-4-5-12(16)14-17-13(18-19-14)11-7-6-10(15)8-9(11)2/h6-8,12H,3-5,16H2,1-2H3/t12-/m0/s1. The lowest BCUT2D eigenvalue weighted by atomic mass is 10.1. The second-order valence-electron chi connectivity index (χ2n) is 4.66. The van der Waals surface area contributed by atoms with E-state index in [0.717, 1.165) is 30.4 Å². The summed E-state index contributed by atoms with van der Waals surface area (Å²) in [6.45, 7) is 3.92. The van der Waals surface area contributed by atoms with Crippen molar-refractivity contribution in [2.24, 2.45) is 5.73 Å². The zero-order valence-corrected chi connectivity index (χ0v) is 11.2. The Bertz CT molecular complexity index is 553. The quantitative estimate of drug-likeness (QED) is 0.898. The van der Waals surface area contributed by atoms with Crippen molar-refractivity contribution in [1.82, 2.24) is 10.1 Å². The van der Waals surface area contributed by atoms with Crippen LogP contribution in [0.5, 0.6) is 0 Å². The molecule has 0 aliphatic rings. The Morgan fingerprint density at radius 1 is 1.42 bits per heavy atom. The van der Waals surface area contributed by atoms with Gasteiger partial charge in [-0.2, -0.15) is 4.98 Å². The SMILES string of the molecule is CCCC[C@H](N)c1nc(-c2ccc(F)cc2C)no1. The Kier molecular flexibility index (Phi) is 4.27. The van der Waals surface area contributed by atoms with Crippen LogP contribution in [-0.4, -0.2) is 10.1 Å². The molecular weight excluding hydrogens is 245 g/mol. The lowest BCUT2D eigenvalue weighted by molar-refractivity contribution is 0.346. The first-order valence-corrected chi connectivity index (χ1v) is 6.47. The van der Waals surface area contributed by atoms with Gasteiger partial charge in [-0.25, -0.2) is 4.39 Å². The van der Waals surface area contributed by atoms with E-state index in [0.29, 0.717) is 11.7 Å². The molecule has 0 amide bonds. The third kappa shape index (κ3) is 3.17. The summed E-state index contributed by atoms with van der Waals surface area (Å²) in [5.74, 6) is 0.622. The Morgan fingerprint density at radius 3 is 2.89 bits per heavy atom. The van der Waals surface area contributed by atoms with Crippen molar-refractivity contribution < 1.29 is 8.91 Å². The van der Waals surface area contributed by atoms with Gasteiger partial charge in [-0.15, -0.1) is 0 Å². The average Bonchev–Trinajstić information content (AvgIpc) is 2.85. The fourth-order valence-corrected chi connectivity index (χ4v) is 1.92. The van der Waals surface area contributed by atoms with E-state index in [9.17, 15) is 4.39 Å². The van der Waals surface area contributed by atoms with Crippen LogP contribution in [0, 0.1) is 12.7 Å². The third-order valence-corrected chi connectivity index (χ3v) is 3.06. The highest BCUT2D eigenvalue weighted by Crippen LogP contribution is 2.23. The number of unbranched alkanes of at least 4 members (excludes halogenated alkanes) is 1. The van der Waals surface area contributed by atoms with E-state index in [4.69, 9.17) is 10.3 Å². The van der Waals surface area contributed by atoms with Crippen LogP contribution >= 0.6 is 0 Å². The third-order valence-electron chi connectivity index (χ3n) is 3.06. The minimum atomic E-state index is -0.274. The molecule has 1 atom stereocenters. The molecule has 2 rings (SSSR count). The van der Waals surface area contributed by atoms with Crippen molar-refractivity contribution in [3.8, 4) is 11.4 Å². The molecule has 5 heteroatoms. The maximum Gasteiger partial charge on any atom is 0.243 e. The van der Waals surface area contributed by atoms with Crippen LogP contribution in [0.2, 0.25) is 0 Å². The molecule has 0 fully saturated rings. The van der Waals surface area contributed by atoms with Gasteiger partial charge in [-0.05, 0) is 37.1 Å². The van der Waals surface area contributed by atoms with Crippen molar-refractivity contribution in [1.29, 1.82) is 0 Å². The highest BCUT2D eigenvalue weighted by molar-refractivity contribution is 5.59. The molecule has 0 aliphatic carbocycles. The minimum absolute atomic E-state index is 0.234. The number of nitrogens with two attached hydrogens (primary N) is 1. The lowest BCUT2D eigenvalue weighted by Gasteiger charge is -2.04. The molecule has 0 saturated heterocycles. The van der Waals surface area contributed by atoms with E-state index in [1.54, 1.807) is 6.07 Å². The zero-order valence-electron chi connectivity index (χ0n) is 11.2. The minimum Gasteiger partial charge on any atom is -0.337 e. The number of nitrogens with zero attached hydrogens (tertiary/aromatic N) is 2. The van der Waals surface area contributed by atoms with Gasteiger partial charge in [0.15, 0.2) is 0 Å². The van der Waals surface area contributed by atoms with E-state index < -0.39 is 0 Å². The smallest absolute Gasteiger partial charge is 0.243 e. The Morgan fingerprint density at radius 2 is 2.21 bits per heavy atom. The molecule has 19 heavy (non-hydrogen) atoms. The molecule has 0 unspecified atom stereocenters. The van der Waals surface area contributed by atoms with Crippen LogP contribution in [0.3, 0.4) is 0 Å². The molecule has 1 aromatic carbocycles. The second kappa shape index (κ2) is 5.93. The predicted octanol–water partition coefficient (Wildman–Crippen LogP) is 3.37.